The minimum absolute atomic E-state index is 0.0329. The normalized spacial score (nSPS) is 18.2. The van der Waals surface area contributed by atoms with Gasteiger partial charge in [-0.2, -0.15) is 0 Å². The Labute approximate surface area is 238 Å². The zero-order valence-corrected chi connectivity index (χ0v) is 24.1. The molecule has 1 aromatic carbocycles. The number of carbonyl (C=O) groups is 2. The third-order valence-corrected chi connectivity index (χ3v) is 8.83. The number of amides is 2. The van der Waals surface area contributed by atoms with Crippen LogP contribution in [0.3, 0.4) is 0 Å². The van der Waals surface area contributed by atoms with E-state index >= 15 is 0 Å². The average molecular weight is 569 g/mol. The quantitative estimate of drug-likeness (QED) is 0.381. The molecule has 0 spiro atoms. The van der Waals surface area contributed by atoms with Gasteiger partial charge in [0.2, 0.25) is 0 Å². The molecule has 5 rings (SSSR count). The summed E-state index contributed by atoms with van der Waals surface area (Å²) in [6.45, 7) is 6.54. The number of ether oxygens (including phenoxy) is 1. The second kappa shape index (κ2) is 11.3. The Bertz CT molecular complexity index is 1520. The van der Waals surface area contributed by atoms with Crippen LogP contribution in [0.2, 0.25) is 0 Å². The number of rotatable bonds is 7. The Kier molecular flexibility index (Phi) is 7.94. The summed E-state index contributed by atoms with van der Waals surface area (Å²) in [5.74, 6) is -2.09. The monoisotopic (exact) mass is 568 g/mol. The first-order valence-corrected chi connectivity index (χ1v) is 14.3. The van der Waals surface area contributed by atoms with Gasteiger partial charge in [-0.1, -0.05) is 18.2 Å². The second-order valence-corrected chi connectivity index (χ2v) is 11.5. The van der Waals surface area contributed by atoms with Crippen molar-refractivity contribution < 1.29 is 23.1 Å². The van der Waals surface area contributed by atoms with Crippen molar-refractivity contribution in [1.82, 2.24) is 19.4 Å². The Morgan fingerprint density at radius 2 is 1.83 bits per heavy atom. The van der Waals surface area contributed by atoms with Crippen molar-refractivity contribution in [3.8, 4) is 5.75 Å². The lowest BCUT2D eigenvalue weighted by molar-refractivity contribution is 0.0132. The maximum atomic E-state index is 13.7. The van der Waals surface area contributed by atoms with Gasteiger partial charge in [0.05, 0.1) is 19.2 Å². The van der Waals surface area contributed by atoms with E-state index in [1.807, 2.05) is 31.2 Å². The molecule has 0 saturated carbocycles. The number of ketones is 1. The Morgan fingerprint density at radius 3 is 2.49 bits per heavy atom. The van der Waals surface area contributed by atoms with Gasteiger partial charge in [-0.3, -0.25) is 9.59 Å². The van der Waals surface area contributed by atoms with E-state index in [4.69, 9.17) is 4.74 Å². The minimum Gasteiger partial charge on any atom is -0.496 e. The van der Waals surface area contributed by atoms with E-state index in [0.29, 0.717) is 35.7 Å². The number of piperidine rings is 1. The first-order chi connectivity index (χ1) is 19.5. The maximum Gasteiger partial charge on any atom is 0.320 e. The summed E-state index contributed by atoms with van der Waals surface area (Å²) in [6.07, 6.45) is 1.66. The predicted molar refractivity (Wildman–Crippen MR) is 153 cm³/mol. The number of halogens is 2. The fourth-order valence-electron chi connectivity index (χ4n) is 6.62. The molecule has 2 aromatic heterocycles. The molecule has 2 amide bonds. The number of likely N-dealkylation sites (tertiary alicyclic amines) is 2. The number of nitrogens with one attached hydrogen (secondary N) is 1. The molecule has 0 radical (unpaired) electrons. The molecule has 1 atom stereocenters. The van der Waals surface area contributed by atoms with E-state index in [9.17, 15) is 23.2 Å². The van der Waals surface area contributed by atoms with Gasteiger partial charge < -0.3 is 24.1 Å². The Balaban J connectivity index is 1.33. The van der Waals surface area contributed by atoms with Crippen LogP contribution in [0.4, 0.5) is 13.6 Å². The number of H-pyrrole nitrogens is 1. The molecule has 0 bridgehead atoms. The highest BCUT2D eigenvalue weighted by atomic mass is 19.3. The predicted octanol–water partition coefficient (Wildman–Crippen LogP) is 5.50. The number of carbonyl (C=O) groups excluding carboxylic acids is 2. The molecular weight excluding hydrogens is 530 g/mol. The molecule has 2 saturated heterocycles. The molecule has 2 aliphatic rings. The summed E-state index contributed by atoms with van der Waals surface area (Å²) < 4.78 is 34.9. The molecule has 8 nitrogen and oxygen atoms in total. The van der Waals surface area contributed by atoms with E-state index in [0.717, 1.165) is 29.4 Å². The number of urea groups is 1. The zero-order valence-electron chi connectivity index (χ0n) is 24.1. The summed E-state index contributed by atoms with van der Waals surface area (Å²) in [5.41, 5.74) is 3.43. The molecule has 41 heavy (non-hydrogen) atoms. The van der Waals surface area contributed by atoms with Crippen molar-refractivity contribution in [1.29, 1.82) is 0 Å². The van der Waals surface area contributed by atoms with Gasteiger partial charge in [0.1, 0.15) is 5.75 Å². The van der Waals surface area contributed by atoms with Crippen LogP contribution in [0.25, 0.3) is 10.9 Å². The molecule has 0 unspecified atom stereocenters. The highest BCUT2D eigenvalue weighted by molar-refractivity contribution is 6.09. The van der Waals surface area contributed by atoms with Crippen LogP contribution in [0.15, 0.2) is 35.1 Å². The number of aromatic amines is 1. The van der Waals surface area contributed by atoms with Crippen LogP contribution in [-0.4, -0.2) is 70.4 Å². The van der Waals surface area contributed by atoms with Crippen LogP contribution in [0.5, 0.6) is 5.75 Å². The molecule has 1 N–H and O–H groups in total. The van der Waals surface area contributed by atoms with Crippen molar-refractivity contribution >= 4 is 22.7 Å². The summed E-state index contributed by atoms with van der Waals surface area (Å²) in [5, 5.41) is 0.884. The highest BCUT2D eigenvalue weighted by Crippen LogP contribution is 2.37. The number of pyridine rings is 1. The fourth-order valence-corrected chi connectivity index (χ4v) is 6.62. The lowest BCUT2D eigenvalue weighted by Crippen LogP contribution is -2.47. The van der Waals surface area contributed by atoms with E-state index < -0.39 is 12.5 Å². The average Bonchev–Trinajstić information content (AvgIpc) is 3.46. The highest BCUT2D eigenvalue weighted by Gasteiger charge is 2.42. The van der Waals surface area contributed by atoms with Crippen LogP contribution in [0.1, 0.15) is 66.0 Å². The number of aryl methyl sites for hydroxylation is 1. The summed E-state index contributed by atoms with van der Waals surface area (Å²) in [4.78, 5) is 44.8. The number of para-hydroxylation sites is 1. The summed E-state index contributed by atoms with van der Waals surface area (Å²) in [7, 11) is 1.52. The van der Waals surface area contributed by atoms with Gasteiger partial charge in [-0.25, -0.2) is 13.6 Å². The van der Waals surface area contributed by atoms with E-state index in [2.05, 4.69) is 16.5 Å². The van der Waals surface area contributed by atoms with Crippen molar-refractivity contribution in [2.75, 3.05) is 33.3 Å². The molecule has 220 valence electrons. The molecule has 3 aromatic rings. The van der Waals surface area contributed by atoms with E-state index in [1.165, 1.54) is 12.0 Å². The number of methoxy groups -OCH3 is 1. The first kappa shape index (κ1) is 28.8. The molecule has 10 heteroatoms. The molecule has 2 fully saturated rings. The van der Waals surface area contributed by atoms with Gasteiger partial charge in [-0.05, 0) is 58.1 Å². The summed E-state index contributed by atoms with van der Waals surface area (Å²) in [6, 6.07) is 9.40. The van der Waals surface area contributed by atoms with Gasteiger partial charge in [0, 0.05) is 66.4 Å². The van der Waals surface area contributed by atoms with E-state index in [1.54, 1.807) is 17.9 Å². The number of Topliss-reactive ketones (excluding diaryl/α,β-unsaturated/α-hetero) is 1. The van der Waals surface area contributed by atoms with Crippen molar-refractivity contribution in [2.24, 2.45) is 5.92 Å². The van der Waals surface area contributed by atoms with Crippen LogP contribution in [0, 0.1) is 19.8 Å². The smallest absolute Gasteiger partial charge is 0.320 e. The van der Waals surface area contributed by atoms with E-state index in [-0.39, 0.29) is 55.1 Å². The van der Waals surface area contributed by atoms with Crippen LogP contribution in [-0.2, 0) is 6.42 Å². The summed E-state index contributed by atoms with van der Waals surface area (Å²) >= 11 is 0. The van der Waals surface area contributed by atoms with Gasteiger partial charge in [0.25, 0.3) is 11.5 Å². The van der Waals surface area contributed by atoms with Gasteiger partial charge >= 0.3 is 6.03 Å². The number of hydrogen-bond acceptors (Lipinski definition) is 4. The maximum absolute atomic E-state index is 13.7. The lowest BCUT2D eigenvalue weighted by atomic mass is 9.90. The van der Waals surface area contributed by atoms with Gasteiger partial charge in [0.15, 0.2) is 5.78 Å². The molecular formula is C31H38F2N4O4. The van der Waals surface area contributed by atoms with Gasteiger partial charge in [-0.15, -0.1) is 0 Å². The number of aromatic nitrogens is 2. The Hall–Kier alpha value is -3.69. The molecule has 2 aliphatic heterocycles. The number of hydrogen-bond donors (Lipinski definition) is 1. The topological polar surface area (TPSA) is 87.6 Å². The third-order valence-electron chi connectivity index (χ3n) is 8.83. The standard InChI is InChI=1S/C31H38F2N4O4/c1-19-17-27(41-4)24(29(39)34-19)9-10-26(38)28-21(3)37(25-8-6-5-7-23(25)28)20(2)22-11-14-35(15-12-22)30(40)36-16-13-31(32,33)18-36/h5-8,17,20,22H,9-16,18H2,1-4H3,(H,34,39)/t20-/m1/s1. The fraction of sp³-hybridized carbons (Fsp3) is 0.516. The SMILES string of the molecule is COc1cc(C)[nH]c(=O)c1CCC(=O)c1c(C)n([C@H](C)C2CCN(C(=O)N3CCC(F)(F)C3)CC2)c2ccccc12. The largest absolute Gasteiger partial charge is 0.496 e. The number of nitrogens with zero attached hydrogens (tertiary/aromatic N) is 3. The van der Waals surface area contributed by atoms with Crippen molar-refractivity contribution in [3.63, 3.8) is 0 Å². The Morgan fingerprint density at radius 1 is 1.12 bits per heavy atom. The minimum atomic E-state index is -2.80. The second-order valence-electron chi connectivity index (χ2n) is 11.5. The molecule has 0 aliphatic carbocycles. The zero-order chi connectivity index (χ0) is 29.5. The first-order valence-electron chi connectivity index (χ1n) is 14.3. The van der Waals surface area contributed by atoms with Crippen molar-refractivity contribution in [3.05, 3.63) is 63.2 Å². The third kappa shape index (κ3) is 5.61. The van der Waals surface area contributed by atoms with Crippen LogP contribution < -0.4 is 10.3 Å². The molecule has 4 heterocycles. The number of fused-ring (bicyclic) bond motifs is 1. The van der Waals surface area contributed by atoms with Crippen molar-refractivity contribution in [2.45, 2.75) is 64.8 Å². The lowest BCUT2D eigenvalue weighted by Gasteiger charge is -2.37. The number of alkyl halides is 2. The number of benzene rings is 1. The van der Waals surface area contributed by atoms with Crippen LogP contribution >= 0.6 is 0 Å².